The molecule has 0 radical (unpaired) electrons. The predicted octanol–water partition coefficient (Wildman–Crippen LogP) is 4.22. The number of ether oxygens (including phenoxy) is 2. The van der Waals surface area contributed by atoms with E-state index >= 15 is 0 Å². The summed E-state index contributed by atoms with van der Waals surface area (Å²) in [7, 11) is 0. The van der Waals surface area contributed by atoms with E-state index in [2.05, 4.69) is 22.3 Å². The van der Waals surface area contributed by atoms with Crippen LogP contribution in [-0.2, 0) is 0 Å². The van der Waals surface area contributed by atoms with E-state index < -0.39 is 0 Å². The number of furan rings is 1. The number of benzene rings is 1. The minimum atomic E-state index is -0.277. The van der Waals surface area contributed by atoms with Gasteiger partial charge in [0.05, 0.1) is 6.04 Å². The van der Waals surface area contributed by atoms with Crippen LogP contribution in [0.1, 0.15) is 47.8 Å². The van der Waals surface area contributed by atoms with Crippen molar-refractivity contribution >= 4 is 5.91 Å². The summed E-state index contributed by atoms with van der Waals surface area (Å²) in [4.78, 5) is 15.3. The first-order valence-electron chi connectivity index (χ1n) is 11.5. The maximum Gasteiger partial charge on any atom is 0.273 e. The first-order chi connectivity index (χ1) is 16.1. The number of nitrogens with zero attached hydrogens (tertiary/aromatic N) is 2. The Labute approximate surface area is 192 Å². The molecule has 33 heavy (non-hydrogen) atoms. The molecule has 8 heteroatoms. The van der Waals surface area contributed by atoms with Gasteiger partial charge in [0.15, 0.2) is 23.0 Å². The highest BCUT2D eigenvalue weighted by atomic mass is 16.6. The molecule has 2 aliphatic heterocycles. The molecule has 5 rings (SSSR count). The van der Waals surface area contributed by atoms with Crippen LogP contribution in [0.4, 0.5) is 0 Å². The van der Waals surface area contributed by atoms with E-state index in [4.69, 9.17) is 18.4 Å². The number of carbonyl (C=O) groups excluding carboxylic acids is 1. The van der Waals surface area contributed by atoms with Crippen LogP contribution in [0.3, 0.4) is 0 Å². The van der Waals surface area contributed by atoms with E-state index in [0.717, 1.165) is 48.9 Å². The second kappa shape index (κ2) is 9.31. The fraction of sp³-hybridized carbons (Fsp3) is 0.440. The summed E-state index contributed by atoms with van der Waals surface area (Å²) in [6.45, 7) is 7.67. The van der Waals surface area contributed by atoms with Gasteiger partial charge in [-0.2, -0.15) is 0 Å². The average Bonchev–Trinajstić information content (AvgIpc) is 3.50. The molecule has 1 atom stereocenters. The van der Waals surface area contributed by atoms with E-state index in [-0.39, 0.29) is 17.6 Å². The molecule has 174 valence electrons. The van der Waals surface area contributed by atoms with Gasteiger partial charge in [-0.25, -0.2) is 0 Å². The van der Waals surface area contributed by atoms with Crippen LogP contribution in [0.15, 0.2) is 45.3 Å². The van der Waals surface area contributed by atoms with Gasteiger partial charge in [-0.15, -0.1) is 0 Å². The number of amides is 1. The number of hydrogen-bond donors (Lipinski definition) is 1. The number of aromatic nitrogens is 1. The monoisotopic (exact) mass is 451 g/mol. The van der Waals surface area contributed by atoms with Crippen molar-refractivity contribution in [2.45, 2.75) is 32.7 Å². The number of carbonyl (C=O) groups is 1. The van der Waals surface area contributed by atoms with E-state index in [1.807, 2.05) is 37.3 Å². The van der Waals surface area contributed by atoms with Gasteiger partial charge in [0.1, 0.15) is 24.7 Å². The molecule has 1 aromatic carbocycles. The Hall–Kier alpha value is -3.26. The maximum atomic E-state index is 12.9. The summed E-state index contributed by atoms with van der Waals surface area (Å²) in [6, 6.07) is 11.1. The number of nitrogens with one attached hydrogen (secondary N) is 1. The largest absolute Gasteiger partial charge is 0.486 e. The third-order valence-corrected chi connectivity index (χ3v) is 6.37. The SMILES string of the molecule is Cc1ccc([C@H](CNC(=O)c2cc(-c3ccc4c(c3)OCCO4)on2)N2CCC(C)CC2)o1. The summed E-state index contributed by atoms with van der Waals surface area (Å²) in [5.74, 6) is 4.06. The van der Waals surface area contributed by atoms with Gasteiger partial charge >= 0.3 is 0 Å². The predicted molar refractivity (Wildman–Crippen MR) is 121 cm³/mol. The Bertz CT molecular complexity index is 1110. The highest BCUT2D eigenvalue weighted by molar-refractivity contribution is 5.93. The van der Waals surface area contributed by atoms with Crippen molar-refractivity contribution in [1.29, 1.82) is 0 Å². The zero-order valence-electron chi connectivity index (χ0n) is 19.0. The molecule has 2 aromatic heterocycles. The molecule has 1 N–H and O–H groups in total. The maximum absolute atomic E-state index is 12.9. The molecule has 4 heterocycles. The van der Waals surface area contributed by atoms with Crippen LogP contribution in [0.25, 0.3) is 11.3 Å². The Balaban J connectivity index is 1.27. The summed E-state index contributed by atoms with van der Waals surface area (Å²) in [6.07, 6.45) is 2.29. The van der Waals surface area contributed by atoms with Crippen molar-refractivity contribution in [3.8, 4) is 22.8 Å². The quantitative estimate of drug-likeness (QED) is 0.600. The molecule has 0 unspecified atom stereocenters. The topological polar surface area (TPSA) is 90.0 Å². The standard InChI is InChI=1S/C25H29N3O5/c1-16-7-9-28(10-8-16)20(21-5-3-17(2)32-21)15-26-25(29)19-14-23(33-27-19)18-4-6-22-24(13-18)31-12-11-30-22/h3-6,13-14,16,20H,7-12,15H2,1-2H3,(H,26,29)/t20-/m0/s1. The molecule has 0 bridgehead atoms. The molecule has 2 aliphatic rings. The molecule has 0 aliphatic carbocycles. The van der Waals surface area contributed by atoms with Crippen molar-refractivity contribution in [1.82, 2.24) is 15.4 Å². The fourth-order valence-electron chi connectivity index (χ4n) is 4.38. The second-order valence-electron chi connectivity index (χ2n) is 8.83. The highest BCUT2D eigenvalue weighted by Crippen LogP contribution is 2.34. The Morgan fingerprint density at radius 1 is 1.12 bits per heavy atom. The van der Waals surface area contributed by atoms with Gasteiger partial charge in [-0.3, -0.25) is 9.69 Å². The van der Waals surface area contributed by atoms with Crippen LogP contribution < -0.4 is 14.8 Å². The number of hydrogen-bond acceptors (Lipinski definition) is 7. The molecule has 8 nitrogen and oxygen atoms in total. The van der Waals surface area contributed by atoms with Crippen molar-refractivity contribution in [2.24, 2.45) is 5.92 Å². The lowest BCUT2D eigenvalue weighted by Crippen LogP contribution is -2.41. The van der Waals surface area contributed by atoms with Crippen LogP contribution in [0.5, 0.6) is 11.5 Å². The van der Waals surface area contributed by atoms with Gasteiger partial charge in [-0.05, 0) is 69.1 Å². The number of aryl methyl sites for hydroxylation is 1. The van der Waals surface area contributed by atoms with E-state index in [1.165, 1.54) is 0 Å². The molecular formula is C25H29N3O5. The average molecular weight is 452 g/mol. The van der Waals surface area contributed by atoms with Gasteiger partial charge < -0.3 is 23.7 Å². The zero-order valence-corrected chi connectivity index (χ0v) is 19.0. The van der Waals surface area contributed by atoms with Crippen LogP contribution >= 0.6 is 0 Å². The molecule has 3 aromatic rings. The summed E-state index contributed by atoms with van der Waals surface area (Å²) in [5, 5.41) is 7.01. The van der Waals surface area contributed by atoms with Crippen molar-refractivity contribution < 1.29 is 23.2 Å². The van der Waals surface area contributed by atoms with Crippen molar-refractivity contribution in [3.63, 3.8) is 0 Å². The Morgan fingerprint density at radius 3 is 2.67 bits per heavy atom. The highest BCUT2D eigenvalue weighted by Gasteiger charge is 2.28. The van der Waals surface area contributed by atoms with Gasteiger partial charge in [0, 0.05) is 18.2 Å². The second-order valence-corrected chi connectivity index (χ2v) is 8.83. The number of rotatable bonds is 6. The summed E-state index contributed by atoms with van der Waals surface area (Å²) in [5.41, 5.74) is 1.01. The lowest BCUT2D eigenvalue weighted by atomic mass is 9.97. The first-order valence-corrected chi connectivity index (χ1v) is 11.5. The number of fused-ring (bicyclic) bond motifs is 1. The minimum absolute atomic E-state index is 0.0145. The van der Waals surface area contributed by atoms with Crippen molar-refractivity contribution in [3.05, 3.63) is 53.6 Å². The molecule has 1 fully saturated rings. The van der Waals surface area contributed by atoms with E-state index in [9.17, 15) is 4.79 Å². The van der Waals surface area contributed by atoms with Crippen LogP contribution in [0, 0.1) is 12.8 Å². The Morgan fingerprint density at radius 2 is 1.91 bits per heavy atom. The van der Waals surface area contributed by atoms with Gasteiger partial charge in [0.2, 0.25) is 0 Å². The Kier molecular flexibility index (Phi) is 6.09. The van der Waals surface area contributed by atoms with Gasteiger partial charge in [0.25, 0.3) is 5.91 Å². The lowest BCUT2D eigenvalue weighted by Gasteiger charge is -2.35. The zero-order chi connectivity index (χ0) is 22.8. The third-order valence-electron chi connectivity index (χ3n) is 6.37. The molecule has 0 spiro atoms. The van der Waals surface area contributed by atoms with Crippen LogP contribution in [-0.4, -0.2) is 48.8 Å². The smallest absolute Gasteiger partial charge is 0.273 e. The molecule has 0 saturated carbocycles. The van der Waals surface area contributed by atoms with Gasteiger partial charge in [-0.1, -0.05) is 12.1 Å². The third kappa shape index (κ3) is 4.75. The number of piperidine rings is 1. The molecular weight excluding hydrogens is 422 g/mol. The minimum Gasteiger partial charge on any atom is -0.486 e. The number of likely N-dealkylation sites (tertiary alicyclic amines) is 1. The molecule has 1 saturated heterocycles. The lowest BCUT2D eigenvalue weighted by molar-refractivity contribution is 0.0887. The normalized spacial score (nSPS) is 17.6. The first kappa shape index (κ1) is 21.6. The van der Waals surface area contributed by atoms with E-state index in [1.54, 1.807) is 6.07 Å². The fourth-order valence-corrected chi connectivity index (χ4v) is 4.38. The van der Waals surface area contributed by atoms with Crippen molar-refractivity contribution in [2.75, 3.05) is 32.8 Å². The summed E-state index contributed by atoms with van der Waals surface area (Å²) >= 11 is 0. The summed E-state index contributed by atoms with van der Waals surface area (Å²) < 4.78 is 22.6. The molecule has 1 amide bonds. The van der Waals surface area contributed by atoms with Crippen LogP contribution in [0.2, 0.25) is 0 Å². The van der Waals surface area contributed by atoms with E-state index in [0.29, 0.717) is 37.0 Å².